The number of para-hydroxylation sites is 3. The number of rotatable bonds is 4. The molecule has 0 fully saturated rings. The Hall–Kier alpha value is -8.14. The lowest BCUT2D eigenvalue weighted by Crippen LogP contribution is -2.27. The van der Waals surface area contributed by atoms with Gasteiger partial charge in [-0.05, 0) is 140 Å². The van der Waals surface area contributed by atoms with Gasteiger partial charge < -0.3 is 13.7 Å². The van der Waals surface area contributed by atoms with Gasteiger partial charge in [0.1, 0.15) is 22.3 Å². The molecule has 0 radical (unpaired) electrons. The van der Waals surface area contributed by atoms with Crippen LogP contribution >= 0.6 is 0 Å². The van der Waals surface area contributed by atoms with E-state index < -0.39 is 0 Å². The van der Waals surface area contributed by atoms with Crippen molar-refractivity contribution in [3.05, 3.63) is 252 Å². The number of nitrogens with zero attached hydrogens (tertiary/aromatic N) is 1. The highest BCUT2D eigenvalue weighted by Crippen LogP contribution is 2.49. The lowest BCUT2D eigenvalue weighted by molar-refractivity contribution is 0.668. The molecule has 1 aliphatic carbocycles. The number of allylic oxidation sites excluding steroid dienone is 2. The number of hydrogen-bond acceptors (Lipinski definition) is 3. The third kappa shape index (κ3) is 8.26. The van der Waals surface area contributed by atoms with Crippen LogP contribution in [0.25, 0.3) is 77.3 Å². The molecule has 1 atom stereocenters. The van der Waals surface area contributed by atoms with Crippen molar-refractivity contribution in [2.75, 3.05) is 4.90 Å². The first kappa shape index (κ1) is 41.6. The Balaban J connectivity index is 0.000000113. The molecule has 0 amide bonds. The van der Waals surface area contributed by atoms with Crippen molar-refractivity contribution in [3.8, 4) is 22.3 Å². The van der Waals surface area contributed by atoms with Crippen molar-refractivity contribution in [1.29, 1.82) is 0 Å². The van der Waals surface area contributed by atoms with Crippen LogP contribution in [0.15, 0.2) is 227 Å². The molecule has 0 saturated heterocycles. The number of benzene rings is 9. The maximum atomic E-state index is 5.86. The van der Waals surface area contributed by atoms with Crippen LogP contribution in [0.5, 0.6) is 0 Å². The SMILES string of the molecule is Cc1ccc(-c2ccc3oc4ccccc4c3c2)cc1.Cc1ccc(-c2ccc3oc4ccccc4c3c2)cc1.Cc1ccc(C2=CCC3C(=C2)c2cc(C)ccc2N3c2ccccc2)cc1. The highest BCUT2D eigenvalue weighted by atomic mass is 16.3. The van der Waals surface area contributed by atoms with Gasteiger partial charge in [0.25, 0.3) is 0 Å². The summed E-state index contributed by atoms with van der Waals surface area (Å²) < 4.78 is 11.7. The lowest BCUT2D eigenvalue weighted by Gasteiger charge is -2.29. The van der Waals surface area contributed by atoms with Crippen LogP contribution in [0.1, 0.15) is 39.8 Å². The van der Waals surface area contributed by atoms with Crippen molar-refractivity contribution in [3.63, 3.8) is 0 Å². The molecule has 3 nitrogen and oxygen atoms in total. The molecule has 9 aromatic carbocycles. The minimum Gasteiger partial charge on any atom is -0.456 e. The summed E-state index contributed by atoms with van der Waals surface area (Å²) in [6.45, 7) is 8.54. The quantitative estimate of drug-likeness (QED) is 0.176. The van der Waals surface area contributed by atoms with Gasteiger partial charge in [0.05, 0.1) is 6.04 Å². The van der Waals surface area contributed by atoms with E-state index in [4.69, 9.17) is 8.83 Å². The molecule has 3 heteroatoms. The third-order valence-corrected chi connectivity index (χ3v) is 13.2. The highest BCUT2D eigenvalue weighted by molar-refractivity contribution is 6.07. The molecule has 1 aliphatic heterocycles. The van der Waals surface area contributed by atoms with Crippen molar-refractivity contribution >= 4 is 66.4 Å². The largest absolute Gasteiger partial charge is 0.456 e. The first-order valence-corrected chi connectivity index (χ1v) is 23.2. The molecule has 0 N–H and O–H groups in total. The summed E-state index contributed by atoms with van der Waals surface area (Å²) in [5.74, 6) is 0. The topological polar surface area (TPSA) is 29.5 Å². The standard InChI is InChI=1S/C26H23N.2C19H14O/c1-18-8-11-20(12-9-18)21-13-15-26-24(17-21)23-16-19(2)10-14-25(23)27(26)22-6-4-3-5-7-22;2*1-13-6-8-14(9-7-13)15-10-11-19-17(12-15)16-4-2-3-5-18(16)20-19/h3-14,16-17,26H,15H2,1-2H3;2*2-12H,1H3. The molecular formula is C64H51NO2. The maximum Gasteiger partial charge on any atom is 0.135 e. The molecule has 13 rings (SSSR count). The predicted molar refractivity (Wildman–Crippen MR) is 283 cm³/mol. The molecule has 2 aliphatic rings. The summed E-state index contributed by atoms with van der Waals surface area (Å²) >= 11 is 0. The fourth-order valence-electron chi connectivity index (χ4n) is 9.61. The summed E-state index contributed by atoms with van der Waals surface area (Å²) in [7, 11) is 0. The summed E-state index contributed by atoms with van der Waals surface area (Å²) in [4.78, 5) is 2.50. The first-order chi connectivity index (χ1) is 32.8. The normalized spacial score (nSPS) is 13.9. The van der Waals surface area contributed by atoms with E-state index in [1.54, 1.807) is 0 Å². The van der Waals surface area contributed by atoms with Crippen LogP contribution < -0.4 is 4.90 Å². The summed E-state index contributed by atoms with van der Waals surface area (Å²) in [6, 6.07) is 73.3. The Labute approximate surface area is 392 Å². The molecule has 0 spiro atoms. The van der Waals surface area contributed by atoms with E-state index in [0.717, 1.165) is 28.8 Å². The fraction of sp³-hybridized carbons (Fsp3) is 0.0938. The first-order valence-electron chi connectivity index (χ1n) is 23.2. The third-order valence-electron chi connectivity index (χ3n) is 13.2. The van der Waals surface area contributed by atoms with E-state index in [0.29, 0.717) is 6.04 Å². The van der Waals surface area contributed by atoms with Gasteiger partial charge in [-0.25, -0.2) is 0 Å². The Morgan fingerprint density at radius 1 is 0.388 bits per heavy atom. The second kappa shape index (κ2) is 17.7. The predicted octanol–water partition coefficient (Wildman–Crippen LogP) is 17.8. The average molecular weight is 866 g/mol. The second-order valence-electron chi connectivity index (χ2n) is 18.0. The molecule has 3 heterocycles. The fourth-order valence-corrected chi connectivity index (χ4v) is 9.61. The molecule has 1 unspecified atom stereocenters. The van der Waals surface area contributed by atoms with Gasteiger partial charge >= 0.3 is 0 Å². The average Bonchev–Trinajstić information content (AvgIpc) is 4.04. The van der Waals surface area contributed by atoms with E-state index >= 15 is 0 Å². The van der Waals surface area contributed by atoms with Crippen LogP contribution in [-0.4, -0.2) is 6.04 Å². The Kier molecular flexibility index (Phi) is 11.0. The summed E-state index contributed by atoms with van der Waals surface area (Å²) in [6.07, 6.45) is 5.82. The van der Waals surface area contributed by atoms with E-state index in [-0.39, 0.29) is 0 Å². The highest BCUT2D eigenvalue weighted by Gasteiger charge is 2.36. The van der Waals surface area contributed by atoms with E-state index in [2.05, 4.69) is 227 Å². The summed E-state index contributed by atoms with van der Waals surface area (Å²) in [5.41, 5.74) is 21.9. The lowest BCUT2D eigenvalue weighted by atomic mass is 9.89. The van der Waals surface area contributed by atoms with E-state index in [1.165, 1.54) is 99.7 Å². The number of furan rings is 2. The van der Waals surface area contributed by atoms with Crippen LogP contribution in [-0.2, 0) is 0 Å². The van der Waals surface area contributed by atoms with Gasteiger partial charge in [-0.3, -0.25) is 0 Å². The summed E-state index contributed by atoms with van der Waals surface area (Å²) in [5, 5.41) is 4.71. The zero-order valence-corrected chi connectivity index (χ0v) is 38.3. The van der Waals surface area contributed by atoms with Gasteiger partial charge in [0.15, 0.2) is 0 Å². The smallest absolute Gasteiger partial charge is 0.135 e. The monoisotopic (exact) mass is 865 g/mol. The molecule has 2 aromatic heterocycles. The van der Waals surface area contributed by atoms with Gasteiger partial charge in [0, 0.05) is 38.5 Å². The number of hydrogen-bond donors (Lipinski definition) is 0. The minimum absolute atomic E-state index is 0.374. The molecule has 67 heavy (non-hydrogen) atoms. The van der Waals surface area contributed by atoms with Crippen LogP contribution in [0, 0.1) is 27.7 Å². The van der Waals surface area contributed by atoms with Crippen LogP contribution in [0.4, 0.5) is 11.4 Å². The van der Waals surface area contributed by atoms with Crippen molar-refractivity contribution in [2.45, 2.75) is 40.2 Å². The molecule has 0 saturated carbocycles. The van der Waals surface area contributed by atoms with E-state index in [9.17, 15) is 0 Å². The molecule has 324 valence electrons. The molecule has 0 bridgehead atoms. The van der Waals surface area contributed by atoms with E-state index in [1.807, 2.05) is 24.3 Å². The van der Waals surface area contributed by atoms with Crippen molar-refractivity contribution in [1.82, 2.24) is 0 Å². The van der Waals surface area contributed by atoms with Crippen LogP contribution in [0.2, 0.25) is 0 Å². The van der Waals surface area contributed by atoms with Gasteiger partial charge in [0.2, 0.25) is 0 Å². The van der Waals surface area contributed by atoms with Crippen molar-refractivity contribution < 1.29 is 8.83 Å². The van der Waals surface area contributed by atoms with Gasteiger partial charge in [-0.2, -0.15) is 0 Å². The molecule has 11 aromatic rings. The zero-order valence-electron chi connectivity index (χ0n) is 38.3. The van der Waals surface area contributed by atoms with Crippen LogP contribution in [0.3, 0.4) is 0 Å². The second-order valence-corrected chi connectivity index (χ2v) is 18.0. The molecular weight excluding hydrogens is 815 g/mol. The Morgan fingerprint density at radius 3 is 1.37 bits per heavy atom. The van der Waals surface area contributed by atoms with Gasteiger partial charge in [-0.1, -0.05) is 174 Å². The Bertz CT molecular complexity index is 3470. The number of fused-ring (bicyclic) bond motifs is 9. The maximum absolute atomic E-state index is 5.86. The Morgan fingerprint density at radius 2 is 0.836 bits per heavy atom. The van der Waals surface area contributed by atoms with Crippen molar-refractivity contribution in [2.24, 2.45) is 0 Å². The number of aryl methyl sites for hydroxylation is 4. The number of anilines is 2. The van der Waals surface area contributed by atoms with Gasteiger partial charge in [-0.15, -0.1) is 0 Å². The zero-order chi connectivity index (χ0) is 45.4. The minimum atomic E-state index is 0.374.